The van der Waals surface area contributed by atoms with Gasteiger partial charge in [-0.2, -0.15) is 0 Å². The van der Waals surface area contributed by atoms with Gasteiger partial charge in [0.2, 0.25) is 5.91 Å². The number of rotatable bonds is 9. The van der Waals surface area contributed by atoms with E-state index in [0.29, 0.717) is 18.0 Å². The number of methoxy groups -OCH3 is 3. The number of nitrogens with one attached hydrogen (secondary N) is 1. The van der Waals surface area contributed by atoms with Gasteiger partial charge in [0.1, 0.15) is 11.5 Å². The zero-order chi connectivity index (χ0) is 22.2. The molecule has 1 N–H and O–H groups in total. The van der Waals surface area contributed by atoms with E-state index < -0.39 is 5.97 Å². The summed E-state index contributed by atoms with van der Waals surface area (Å²) in [5, 5.41) is 4.95. The third-order valence-electron chi connectivity index (χ3n) is 4.83. The van der Waals surface area contributed by atoms with Gasteiger partial charge in [-0.1, -0.05) is 36.4 Å². The summed E-state index contributed by atoms with van der Waals surface area (Å²) < 4.78 is 15.4. The molecule has 0 radical (unpaired) electrons. The molecule has 7 nitrogen and oxygen atoms in total. The first-order valence-electron chi connectivity index (χ1n) is 9.81. The van der Waals surface area contributed by atoms with Gasteiger partial charge < -0.3 is 19.5 Å². The molecule has 7 heteroatoms. The smallest absolute Gasteiger partial charge is 0.319 e. The molecule has 0 spiro atoms. The van der Waals surface area contributed by atoms with Crippen LogP contribution in [-0.2, 0) is 20.9 Å². The van der Waals surface area contributed by atoms with Crippen LogP contribution in [0, 0.1) is 0 Å². The lowest BCUT2D eigenvalue weighted by Crippen LogP contribution is -2.37. The van der Waals surface area contributed by atoms with Gasteiger partial charge >= 0.3 is 5.97 Å². The van der Waals surface area contributed by atoms with E-state index in [2.05, 4.69) is 5.32 Å². The Labute approximate surface area is 181 Å². The van der Waals surface area contributed by atoms with Crippen LogP contribution in [0.3, 0.4) is 0 Å². The number of fused-ring (bicyclic) bond motifs is 1. The van der Waals surface area contributed by atoms with E-state index in [1.165, 1.54) is 7.11 Å². The van der Waals surface area contributed by atoms with Gasteiger partial charge in [0.05, 0.1) is 34.4 Å². The number of esters is 1. The second-order valence-electron chi connectivity index (χ2n) is 7.02. The quantitative estimate of drug-likeness (QED) is 0.532. The lowest BCUT2D eigenvalue weighted by Gasteiger charge is -2.21. The van der Waals surface area contributed by atoms with E-state index in [0.717, 1.165) is 22.0 Å². The van der Waals surface area contributed by atoms with Gasteiger partial charge in [-0.3, -0.25) is 14.5 Å². The molecule has 3 aromatic rings. The number of amides is 1. The molecule has 0 aliphatic rings. The zero-order valence-corrected chi connectivity index (χ0v) is 17.9. The van der Waals surface area contributed by atoms with E-state index in [1.54, 1.807) is 25.2 Å². The summed E-state index contributed by atoms with van der Waals surface area (Å²) in [7, 11) is 4.47. The first-order valence-corrected chi connectivity index (χ1v) is 9.81. The van der Waals surface area contributed by atoms with Crippen LogP contribution in [0.5, 0.6) is 11.5 Å². The Morgan fingerprint density at radius 2 is 1.55 bits per heavy atom. The van der Waals surface area contributed by atoms with Crippen molar-refractivity contribution in [1.82, 2.24) is 4.90 Å². The molecule has 0 aliphatic carbocycles. The first-order chi connectivity index (χ1) is 15.0. The summed E-state index contributed by atoms with van der Waals surface area (Å²) >= 11 is 0. The number of benzene rings is 3. The van der Waals surface area contributed by atoms with Gasteiger partial charge in [0, 0.05) is 23.7 Å². The van der Waals surface area contributed by atoms with Crippen LogP contribution in [0.15, 0.2) is 60.7 Å². The molecule has 0 heterocycles. The molecule has 0 bridgehead atoms. The van der Waals surface area contributed by atoms with Crippen LogP contribution in [0.1, 0.15) is 5.56 Å². The van der Waals surface area contributed by atoms with E-state index in [9.17, 15) is 9.59 Å². The van der Waals surface area contributed by atoms with Crippen molar-refractivity contribution in [2.45, 2.75) is 6.54 Å². The Kier molecular flexibility index (Phi) is 7.45. The van der Waals surface area contributed by atoms with Crippen molar-refractivity contribution >= 4 is 28.3 Å². The normalized spacial score (nSPS) is 10.7. The number of anilines is 1. The van der Waals surface area contributed by atoms with E-state index in [-0.39, 0.29) is 19.0 Å². The van der Waals surface area contributed by atoms with Crippen molar-refractivity contribution in [2.24, 2.45) is 0 Å². The van der Waals surface area contributed by atoms with E-state index >= 15 is 0 Å². The molecule has 162 valence electrons. The average Bonchev–Trinajstić information content (AvgIpc) is 2.78. The molecule has 3 rings (SSSR count). The Balaban J connectivity index is 1.77. The van der Waals surface area contributed by atoms with Crippen molar-refractivity contribution in [3.63, 3.8) is 0 Å². The van der Waals surface area contributed by atoms with E-state index in [1.807, 2.05) is 54.6 Å². The maximum atomic E-state index is 12.8. The second kappa shape index (κ2) is 10.4. The summed E-state index contributed by atoms with van der Waals surface area (Å²) in [5.41, 5.74) is 1.57. The Morgan fingerprint density at radius 3 is 2.23 bits per heavy atom. The maximum Gasteiger partial charge on any atom is 0.319 e. The Hall–Kier alpha value is -3.58. The SMILES string of the molecule is COC(=O)CN(CC(=O)Nc1cccc2ccccc12)Cc1cc(OC)cc(OC)c1. The predicted molar refractivity (Wildman–Crippen MR) is 119 cm³/mol. The molecule has 0 saturated carbocycles. The van der Waals surface area contributed by atoms with Gasteiger partial charge in [-0.15, -0.1) is 0 Å². The summed E-state index contributed by atoms with van der Waals surface area (Å²) in [5.74, 6) is 0.614. The molecule has 1 amide bonds. The van der Waals surface area contributed by atoms with Crippen LogP contribution in [0.4, 0.5) is 5.69 Å². The van der Waals surface area contributed by atoms with Gasteiger partial charge in [-0.05, 0) is 29.1 Å². The first kappa shape index (κ1) is 22.1. The number of hydrogen-bond donors (Lipinski definition) is 1. The number of carbonyl (C=O) groups excluding carboxylic acids is 2. The highest BCUT2D eigenvalue weighted by Crippen LogP contribution is 2.24. The molecule has 0 unspecified atom stereocenters. The molecule has 0 aromatic heterocycles. The largest absolute Gasteiger partial charge is 0.497 e. The van der Waals surface area contributed by atoms with Crippen molar-refractivity contribution in [1.29, 1.82) is 0 Å². The number of hydrogen-bond acceptors (Lipinski definition) is 6. The highest BCUT2D eigenvalue weighted by atomic mass is 16.5. The molecule has 0 fully saturated rings. The molecule has 0 atom stereocenters. The third-order valence-corrected chi connectivity index (χ3v) is 4.83. The molecule has 0 saturated heterocycles. The summed E-state index contributed by atoms with van der Waals surface area (Å²) in [4.78, 5) is 26.5. The van der Waals surface area contributed by atoms with Crippen LogP contribution >= 0.6 is 0 Å². The van der Waals surface area contributed by atoms with Crippen LogP contribution in [-0.4, -0.2) is 51.2 Å². The highest BCUT2D eigenvalue weighted by Gasteiger charge is 2.17. The van der Waals surface area contributed by atoms with Crippen LogP contribution in [0.25, 0.3) is 10.8 Å². The minimum atomic E-state index is -0.423. The highest BCUT2D eigenvalue weighted by molar-refractivity contribution is 6.02. The standard InChI is InChI=1S/C24H26N2O5/c1-29-19-11-17(12-20(13-19)30-2)14-26(16-24(28)31-3)15-23(27)25-22-10-6-8-18-7-4-5-9-21(18)22/h4-13H,14-16H2,1-3H3,(H,25,27). The van der Waals surface area contributed by atoms with E-state index in [4.69, 9.17) is 14.2 Å². The van der Waals surface area contributed by atoms with Crippen molar-refractivity contribution in [3.05, 3.63) is 66.2 Å². The lowest BCUT2D eigenvalue weighted by atomic mass is 10.1. The Bertz CT molecular complexity index is 1040. The lowest BCUT2D eigenvalue weighted by molar-refractivity contribution is -0.142. The van der Waals surface area contributed by atoms with Crippen molar-refractivity contribution in [2.75, 3.05) is 39.7 Å². The Morgan fingerprint density at radius 1 is 0.871 bits per heavy atom. The average molecular weight is 422 g/mol. The summed E-state index contributed by atoms with van der Waals surface area (Å²) in [6, 6.07) is 19.0. The second-order valence-corrected chi connectivity index (χ2v) is 7.02. The van der Waals surface area contributed by atoms with Gasteiger partial charge in [-0.25, -0.2) is 0 Å². The number of ether oxygens (including phenoxy) is 3. The van der Waals surface area contributed by atoms with Crippen LogP contribution < -0.4 is 14.8 Å². The fourth-order valence-corrected chi connectivity index (χ4v) is 3.36. The molecule has 31 heavy (non-hydrogen) atoms. The number of carbonyl (C=O) groups is 2. The molecule has 0 aliphatic heterocycles. The number of nitrogens with zero attached hydrogens (tertiary/aromatic N) is 1. The predicted octanol–water partition coefficient (Wildman–Crippen LogP) is 3.47. The molecular weight excluding hydrogens is 396 g/mol. The maximum absolute atomic E-state index is 12.8. The van der Waals surface area contributed by atoms with Crippen molar-refractivity contribution < 1.29 is 23.8 Å². The summed E-state index contributed by atoms with van der Waals surface area (Å²) in [6.45, 7) is 0.322. The fourth-order valence-electron chi connectivity index (χ4n) is 3.36. The van der Waals surface area contributed by atoms with Gasteiger partial charge in [0.15, 0.2) is 0 Å². The summed E-state index contributed by atoms with van der Waals surface area (Å²) in [6.07, 6.45) is 0. The third kappa shape index (κ3) is 5.96. The topological polar surface area (TPSA) is 77.1 Å². The van der Waals surface area contributed by atoms with Gasteiger partial charge in [0.25, 0.3) is 0 Å². The molecular formula is C24H26N2O5. The minimum absolute atomic E-state index is 0.0118. The van der Waals surface area contributed by atoms with Crippen LogP contribution in [0.2, 0.25) is 0 Å². The molecule has 3 aromatic carbocycles. The minimum Gasteiger partial charge on any atom is -0.497 e. The van der Waals surface area contributed by atoms with Crippen molar-refractivity contribution in [3.8, 4) is 11.5 Å². The zero-order valence-electron chi connectivity index (χ0n) is 17.9. The fraction of sp³-hybridized carbons (Fsp3) is 0.250. The monoisotopic (exact) mass is 422 g/mol.